The van der Waals surface area contributed by atoms with Crippen molar-refractivity contribution in [2.45, 2.75) is 78.8 Å². The summed E-state index contributed by atoms with van der Waals surface area (Å²) in [5.74, 6) is 0.603. The Kier molecular flexibility index (Phi) is 5.87. The molecule has 0 bridgehead atoms. The van der Waals surface area contributed by atoms with Crippen LogP contribution < -0.4 is 0 Å². The Hall–Kier alpha value is -0.660. The van der Waals surface area contributed by atoms with Crippen LogP contribution in [0.1, 0.15) is 66.7 Å². The van der Waals surface area contributed by atoms with Gasteiger partial charge in [-0.15, -0.1) is 0 Å². The third kappa shape index (κ3) is 4.25. The zero-order valence-corrected chi connectivity index (χ0v) is 12.2. The van der Waals surface area contributed by atoms with E-state index in [-0.39, 0.29) is 0 Å². The Labute approximate surface area is 107 Å². The zero-order chi connectivity index (χ0) is 12.8. The highest BCUT2D eigenvalue weighted by molar-refractivity contribution is 5.82. The molecule has 1 saturated carbocycles. The molecule has 2 nitrogen and oxygen atoms in total. The van der Waals surface area contributed by atoms with Crippen LogP contribution in [0.25, 0.3) is 0 Å². The fraction of sp³-hybridized carbons (Fsp3) is 0.867. The zero-order valence-electron chi connectivity index (χ0n) is 12.2. The van der Waals surface area contributed by atoms with Gasteiger partial charge >= 0.3 is 0 Å². The van der Waals surface area contributed by atoms with E-state index in [9.17, 15) is 0 Å². The van der Waals surface area contributed by atoms with E-state index in [1.165, 1.54) is 30.7 Å². The molecule has 1 aliphatic carbocycles. The van der Waals surface area contributed by atoms with Crippen LogP contribution in [0.2, 0.25) is 0 Å². The molecule has 0 aromatic rings. The summed E-state index contributed by atoms with van der Waals surface area (Å²) in [5.41, 5.74) is 2.58. The quantitative estimate of drug-likeness (QED) is 0.651. The third-order valence-corrected chi connectivity index (χ3v) is 4.01. The van der Waals surface area contributed by atoms with Gasteiger partial charge in [-0.2, -0.15) is 0 Å². The minimum Gasteiger partial charge on any atom is -0.291 e. The van der Waals surface area contributed by atoms with Gasteiger partial charge in [-0.05, 0) is 46.0 Å². The molecule has 2 unspecified atom stereocenters. The second-order valence-corrected chi connectivity index (χ2v) is 5.36. The van der Waals surface area contributed by atoms with Gasteiger partial charge in [0, 0.05) is 17.3 Å². The number of rotatable bonds is 4. The van der Waals surface area contributed by atoms with Gasteiger partial charge in [0.2, 0.25) is 0 Å². The minimum absolute atomic E-state index is 0.502. The average molecular weight is 236 g/mol. The van der Waals surface area contributed by atoms with Crippen molar-refractivity contribution in [3.63, 3.8) is 0 Å². The smallest absolute Gasteiger partial charge is 0.0544 e. The molecule has 0 aromatic carbocycles. The molecule has 2 atom stereocenters. The normalized spacial score (nSPS) is 31.7. The molecule has 1 rings (SSSR count). The van der Waals surface area contributed by atoms with Crippen molar-refractivity contribution in [2.75, 3.05) is 0 Å². The molecule has 0 aromatic heterocycles. The second kappa shape index (κ2) is 6.93. The largest absolute Gasteiger partial charge is 0.291 e. The van der Waals surface area contributed by atoms with Crippen molar-refractivity contribution in [3.05, 3.63) is 0 Å². The lowest BCUT2D eigenvalue weighted by atomic mass is 9.82. The number of hydrogen-bond donors (Lipinski definition) is 0. The van der Waals surface area contributed by atoms with Crippen molar-refractivity contribution in [3.8, 4) is 0 Å². The first-order valence-corrected chi connectivity index (χ1v) is 7.15. The molecule has 1 fully saturated rings. The molecule has 2 heteroatoms. The van der Waals surface area contributed by atoms with E-state index in [0.29, 0.717) is 18.0 Å². The standard InChI is InChI=1S/C15H28N2/c1-6-11(3)16-14-9-8-10-15(13(14)5)17-12(4)7-2/h13-15H,6-10H2,1-5H3. The first-order valence-electron chi connectivity index (χ1n) is 7.15. The summed E-state index contributed by atoms with van der Waals surface area (Å²) in [5, 5.41) is 0. The minimum atomic E-state index is 0.502. The Morgan fingerprint density at radius 2 is 1.35 bits per heavy atom. The van der Waals surface area contributed by atoms with Crippen molar-refractivity contribution < 1.29 is 0 Å². The highest BCUT2D eigenvalue weighted by Gasteiger charge is 2.29. The summed E-state index contributed by atoms with van der Waals surface area (Å²) in [4.78, 5) is 9.73. The van der Waals surface area contributed by atoms with E-state index < -0.39 is 0 Å². The van der Waals surface area contributed by atoms with E-state index in [4.69, 9.17) is 9.98 Å². The Morgan fingerprint density at radius 3 is 1.71 bits per heavy atom. The maximum atomic E-state index is 4.87. The highest BCUT2D eigenvalue weighted by atomic mass is 14.9. The summed E-state index contributed by atoms with van der Waals surface area (Å²) in [6.45, 7) is 11.0. The lowest BCUT2D eigenvalue weighted by Gasteiger charge is -2.32. The van der Waals surface area contributed by atoms with E-state index in [0.717, 1.165) is 12.8 Å². The fourth-order valence-electron chi connectivity index (χ4n) is 2.43. The number of aliphatic imine (C=N–C) groups is 2. The molecule has 1 aliphatic rings. The average Bonchev–Trinajstić information content (AvgIpc) is 2.33. The van der Waals surface area contributed by atoms with Crippen LogP contribution in [-0.4, -0.2) is 23.5 Å². The van der Waals surface area contributed by atoms with Gasteiger partial charge in [0.15, 0.2) is 0 Å². The predicted octanol–water partition coefficient (Wildman–Crippen LogP) is 4.29. The Morgan fingerprint density at radius 1 is 0.941 bits per heavy atom. The maximum Gasteiger partial charge on any atom is 0.0544 e. The van der Waals surface area contributed by atoms with E-state index in [2.05, 4.69) is 34.6 Å². The molecule has 0 spiro atoms. The van der Waals surface area contributed by atoms with Gasteiger partial charge in [0.25, 0.3) is 0 Å². The topological polar surface area (TPSA) is 24.7 Å². The van der Waals surface area contributed by atoms with Gasteiger partial charge in [0.1, 0.15) is 0 Å². The Bertz CT molecular complexity index is 263. The monoisotopic (exact) mass is 236 g/mol. The molecule has 0 N–H and O–H groups in total. The lowest BCUT2D eigenvalue weighted by Crippen LogP contribution is -2.33. The maximum absolute atomic E-state index is 4.87. The number of hydrogen-bond acceptors (Lipinski definition) is 2. The van der Waals surface area contributed by atoms with Crippen molar-refractivity contribution in [1.29, 1.82) is 0 Å². The molecule has 0 amide bonds. The van der Waals surface area contributed by atoms with Crippen LogP contribution >= 0.6 is 0 Å². The van der Waals surface area contributed by atoms with Crippen LogP contribution in [0.15, 0.2) is 9.98 Å². The molecule has 0 radical (unpaired) electrons. The summed E-state index contributed by atoms with van der Waals surface area (Å²) < 4.78 is 0. The SMILES string of the molecule is CCC(C)=NC1CCCC(N=C(C)CC)C1C. The highest BCUT2D eigenvalue weighted by Crippen LogP contribution is 2.29. The molecule has 0 heterocycles. The van der Waals surface area contributed by atoms with Crippen LogP contribution in [0.5, 0.6) is 0 Å². The van der Waals surface area contributed by atoms with Crippen LogP contribution in [-0.2, 0) is 0 Å². The van der Waals surface area contributed by atoms with Gasteiger partial charge in [-0.25, -0.2) is 0 Å². The second-order valence-electron chi connectivity index (χ2n) is 5.36. The summed E-state index contributed by atoms with van der Waals surface area (Å²) in [7, 11) is 0. The molecule has 17 heavy (non-hydrogen) atoms. The number of nitrogens with zero attached hydrogens (tertiary/aromatic N) is 2. The third-order valence-electron chi connectivity index (χ3n) is 4.01. The fourth-order valence-corrected chi connectivity index (χ4v) is 2.43. The van der Waals surface area contributed by atoms with Crippen LogP contribution in [0, 0.1) is 5.92 Å². The van der Waals surface area contributed by atoms with Gasteiger partial charge < -0.3 is 0 Å². The van der Waals surface area contributed by atoms with E-state index in [1.807, 2.05) is 0 Å². The summed E-state index contributed by atoms with van der Waals surface area (Å²) in [6.07, 6.45) is 5.92. The lowest BCUT2D eigenvalue weighted by molar-refractivity contribution is 0.290. The first kappa shape index (κ1) is 14.4. The van der Waals surface area contributed by atoms with Gasteiger partial charge in [0.05, 0.1) is 12.1 Å². The molecular weight excluding hydrogens is 208 g/mol. The van der Waals surface area contributed by atoms with Crippen molar-refractivity contribution in [2.24, 2.45) is 15.9 Å². The van der Waals surface area contributed by atoms with E-state index in [1.54, 1.807) is 0 Å². The summed E-state index contributed by atoms with van der Waals surface area (Å²) in [6, 6.07) is 1.00. The molecule has 0 aliphatic heterocycles. The molecule has 98 valence electrons. The van der Waals surface area contributed by atoms with Crippen LogP contribution in [0.3, 0.4) is 0 Å². The van der Waals surface area contributed by atoms with Crippen LogP contribution in [0.4, 0.5) is 0 Å². The predicted molar refractivity (Wildman–Crippen MR) is 77.4 cm³/mol. The van der Waals surface area contributed by atoms with Crippen molar-refractivity contribution in [1.82, 2.24) is 0 Å². The molecular formula is C15H28N2. The van der Waals surface area contributed by atoms with Crippen molar-refractivity contribution >= 4 is 11.4 Å². The van der Waals surface area contributed by atoms with Gasteiger partial charge in [-0.1, -0.05) is 20.8 Å². The molecule has 0 saturated heterocycles. The summed E-state index contributed by atoms with van der Waals surface area (Å²) >= 11 is 0. The van der Waals surface area contributed by atoms with E-state index >= 15 is 0 Å². The first-order chi connectivity index (χ1) is 8.08. The van der Waals surface area contributed by atoms with Gasteiger partial charge in [-0.3, -0.25) is 9.98 Å². The Balaban J connectivity index is 2.72.